The van der Waals surface area contributed by atoms with Crippen LogP contribution < -0.4 is 11.1 Å². The normalized spacial score (nSPS) is 20.9. The average Bonchev–Trinajstić information content (AvgIpc) is 2.39. The van der Waals surface area contributed by atoms with E-state index in [1.807, 2.05) is 0 Å². The standard InChI is InChI=1S/C11H15BrN2/c12-9-3-4-11-10(6-9)8(7-13)2-1-5-14-11/h3-4,6,8,14H,1-2,5,7,13H2. The van der Waals surface area contributed by atoms with Gasteiger partial charge in [0.15, 0.2) is 0 Å². The first-order valence-corrected chi connectivity index (χ1v) is 5.84. The SMILES string of the molecule is NCC1CCCNc2ccc(Br)cc21. The van der Waals surface area contributed by atoms with Gasteiger partial charge in [-0.05, 0) is 49.1 Å². The van der Waals surface area contributed by atoms with Crippen LogP contribution in [0.25, 0.3) is 0 Å². The van der Waals surface area contributed by atoms with Crippen LogP contribution in [0.5, 0.6) is 0 Å². The van der Waals surface area contributed by atoms with Crippen LogP contribution in [-0.2, 0) is 0 Å². The lowest BCUT2D eigenvalue weighted by Gasteiger charge is -2.15. The molecule has 3 heteroatoms. The highest BCUT2D eigenvalue weighted by Crippen LogP contribution is 2.32. The molecule has 1 heterocycles. The van der Waals surface area contributed by atoms with Gasteiger partial charge in [-0.1, -0.05) is 15.9 Å². The molecule has 3 N–H and O–H groups in total. The summed E-state index contributed by atoms with van der Waals surface area (Å²) < 4.78 is 1.14. The quantitative estimate of drug-likeness (QED) is 0.809. The minimum Gasteiger partial charge on any atom is -0.385 e. The van der Waals surface area contributed by atoms with Gasteiger partial charge in [-0.3, -0.25) is 0 Å². The number of fused-ring (bicyclic) bond motifs is 1. The van der Waals surface area contributed by atoms with Gasteiger partial charge in [-0.2, -0.15) is 0 Å². The Morgan fingerprint density at radius 2 is 2.36 bits per heavy atom. The molecule has 0 aliphatic carbocycles. The van der Waals surface area contributed by atoms with Crippen LogP contribution in [-0.4, -0.2) is 13.1 Å². The van der Waals surface area contributed by atoms with E-state index in [4.69, 9.17) is 5.73 Å². The summed E-state index contributed by atoms with van der Waals surface area (Å²) in [5.74, 6) is 0.512. The Hall–Kier alpha value is -0.540. The third-order valence-corrected chi connectivity index (χ3v) is 3.28. The molecule has 0 fully saturated rings. The fraction of sp³-hybridized carbons (Fsp3) is 0.455. The Balaban J connectivity index is 2.40. The second-order valence-electron chi connectivity index (χ2n) is 3.73. The van der Waals surface area contributed by atoms with Crippen molar-refractivity contribution in [3.8, 4) is 0 Å². The van der Waals surface area contributed by atoms with Gasteiger partial charge in [0, 0.05) is 16.7 Å². The van der Waals surface area contributed by atoms with Crippen LogP contribution in [0.4, 0.5) is 5.69 Å². The van der Waals surface area contributed by atoms with Gasteiger partial charge in [0.2, 0.25) is 0 Å². The van der Waals surface area contributed by atoms with E-state index < -0.39 is 0 Å². The first kappa shape index (κ1) is 9.99. The van der Waals surface area contributed by atoms with Gasteiger partial charge in [0.25, 0.3) is 0 Å². The molecular weight excluding hydrogens is 240 g/mol. The average molecular weight is 255 g/mol. The van der Waals surface area contributed by atoms with Crippen LogP contribution in [0.1, 0.15) is 24.3 Å². The molecule has 0 saturated carbocycles. The van der Waals surface area contributed by atoms with Crippen molar-refractivity contribution in [2.75, 3.05) is 18.4 Å². The molecule has 1 aliphatic heterocycles. The Morgan fingerprint density at radius 3 is 3.14 bits per heavy atom. The number of anilines is 1. The van der Waals surface area contributed by atoms with Crippen molar-refractivity contribution in [1.82, 2.24) is 0 Å². The molecule has 1 aromatic carbocycles. The molecule has 0 bridgehead atoms. The van der Waals surface area contributed by atoms with Crippen LogP contribution in [0.15, 0.2) is 22.7 Å². The lowest BCUT2D eigenvalue weighted by atomic mass is 9.94. The maximum Gasteiger partial charge on any atom is 0.0376 e. The van der Waals surface area contributed by atoms with Gasteiger partial charge in [0.05, 0.1) is 0 Å². The number of hydrogen-bond donors (Lipinski definition) is 2. The van der Waals surface area contributed by atoms with E-state index >= 15 is 0 Å². The minimum absolute atomic E-state index is 0.512. The molecular formula is C11H15BrN2. The summed E-state index contributed by atoms with van der Waals surface area (Å²) in [6.45, 7) is 1.80. The second-order valence-corrected chi connectivity index (χ2v) is 4.65. The number of nitrogens with two attached hydrogens (primary N) is 1. The zero-order valence-corrected chi connectivity index (χ0v) is 9.68. The van der Waals surface area contributed by atoms with Gasteiger partial charge in [-0.15, -0.1) is 0 Å². The number of nitrogens with one attached hydrogen (secondary N) is 1. The third kappa shape index (κ3) is 1.93. The molecule has 2 rings (SSSR count). The highest BCUT2D eigenvalue weighted by Gasteiger charge is 2.16. The summed E-state index contributed by atoms with van der Waals surface area (Å²) in [5, 5.41) is 3.44. The second kappa shape index (κ2) is 4.32. The zero-order valence-electron chi connectivity index (χ0n) is 8.09. The molecule has 1 unspecified atom stereocenters. The molecule has 76 valence electrons. The van der Waals surface area contributed by atoms with Crippen LogP contribution in [0.3, 0.4) is 0 Å². The van der Waals surface area contributed by atoms with Crippen molar-refractivity contribution in [2.45, 2.75) is 18.8 Å². The van der Waals surface area contributed by atoms with E-state index in [9.17, 15) is 0 Å². The lowest BCUT2D eigenvalue weighted by molar-refractivity contribution is 0.626. The Morgan fingerprint density at radius 1 is 1.50 bits per heavy atom. The lowest BCUT2D eigenvalue weighted by Crippen LogP contribution is -2.12. The van der Waals surface area contributed by atoms with E-state index in [-0.39, 0.29) is 0 Å². The van der Waals surface area contributed by atoms with Gasteiger partial charge in [0.1, 0.15) is 0 Å². The molecule has 0 aromatic heterocycles. The maximum atomic E-state index is 5.79. The summed E-state index contributed by atoms with van der Waals surface area (Å²) in [5.41, 5.74) is 8.41. The predicted molar refractivity (Wildman–Crippen MR) is 63.7 cm³/mol. The van der Waals surface area contributed by atoms with E-state index in [0.717, 1.165) is 17.6 Å². The smallest absolute Gasteiger partial charge is 0.0376 e. The topological polar surface area (TPSA) is 38.0 Å². The van der Waals surface area contributed by atoms with Gasteiger partial charge in [-0.25, -0.2) is 0 Å². The molecule has 1 aliphatic rings. The summed E-state index contributed by atoms with van der Waals surface area (Å²) in [4.78, 5) is 0. The highest BCUT2D eigenvalue weighted by molar-refractivity contribution is 9.10. The van der Waals surface area contributed by atoms with Crippen molar-refractivity contribution in [3.63, 3.8) is 0 Å². The molecule has 0 spiro atoms. The van der Waals surface area contributed by atoms with Crippen LogP contribution in [0.2, 0.25) is 0 Å². The summed E-state index contributed by atoms with van der Waals surface area (Å²) >= 11 is 3.50. The number of halogens is 1. The zero-order chi connectivity index (χ0) is 9.97. The molecule has 1 aromatic rings. The number of rotatable bonds is 1. The molecule has 1 atom stereocenters. The maximum absolute atomic E-state index is 5.79. The molecule has 0 radical (unpaired) electrons. The Labute approximate surface area is 93.0 Å². The van der Waals surface area contributed by atoms with Crippen molar-refractivity contribution in [2.24, 2.45) is 5.73 Å². The molecule has 14 heavy (non-hydrogen) atoms. The number of benzene rings is 1. The monoisotopic (exact) mass is 254 g/mol. The largest absolute Gasteiger partial charge is 0.385 e. The summed E-state index contributed by atoms with van der Waals surface area (Å²) in [7, 11) is 0. The first-order chi connectivity index (χ1) is 6.81. The summed E-state index contributed by atoms with van der Waals surface area (Å²) in [6, 6.07) is 6.39. The van der Waals surface area contributed by atoms with E-state index in [0.29, 0.717) is 5.92 Å². The predicted octanol–water partition coefficient (Wildman–Crippen LogP) is 2.70. The highest BCUT2D eigenvalue weighted by atomic mass is 79.9. The van der Waals surface area contributed by atoms with Crippen LogP contribution in [0, 0.1) is 0 Å². The van der Waals surface area contributed by atoms with Gasteiger partial charge < -0.3 is 11.1 Å². The van der Waals surface area contributed by atoms with Crippen molar-refractivity contribution >= 4 is 21.6 Å². The van der Waals surface area contributed by atoms with Gasteiger partial charge >= 0.3 is 0 Å². The van der Waals surface area contributed by atoms with Crippen molar-refractivity contribution < 1.29 is 0 Å². The van der Waals surface area contributed by atoms with E-state index in [1.165, 1.54) is 24.1 Å². The van der Waals surface area contributed by atoms with Crippen LogP contribution >= 0.6 is 15.9 Å². The molecule has 0 amide bonds. The minimum atomic E-state index is 0.512. The fourth-order valence-electron chi connectivity index (χ4n) is 2.00. The van der Waals surface area contributed by atoms with E-state index in [2.05, 4.69) is 39.4 Å². The number of hydrogen-bond acceptors (Lipinski definition) is 2. The summed E-state index contributed by atoms with van der Waals surface area (Å²) in [6.07, 6.45) is 2.39. The van der Waals surface area contributed by atoms with E-state index in [1.54, 1.807) is 0 Å². The molecule has 0 saturated heterocycles. The third-order valence-electron chi connectivity index (χ3n) is 2.78. The van der Waals surface area contributed by atoms with Crippen molar-refractivity contribution in [3.05, 3.63) is 28.2 Å². The Kier molecular flexibility index (Phi) is 3.08. The Bertz CT molecular complexity index is 325. The molecule has 2 nitrogen and oxygen atoms in total. The van der Waals surface area contributed by atoms with Crippen molar-refractivity contribution in [1.29, 1.82) is 0 Å². The first-order valence-electron chi connectivity index (χ1n) is 5.04. The fourth-order valence-corrected chi connectivity index (χ4v) is 2.38.